The Labute approximate surface area is 825 Å². The number of Topliss-reactive ketones (excluding diaryl/α,β-unsaturated/α-hetero) is 1. The zero-order chi connectivity index (χ0) is 101. The van der Waals surface area contributed by atoms with Crippen molar-refractivity contribution >= 4 is 161 Å². The number of esters is 3. The predicted molar refractivity (Wildman–Crippen MR) is 503 cm³/mol. The van der Waals surface area contributed by atoms with Gasteiger partial charge in [0.15, 0.2) is 23.1 Å². The highest BCUT2D eigenvalue weighted by Crippen LogP contribution is 2.46. The van der Waals surface area contributed by atoms with E-state index in [9.17, 15) is 80.8 Å². The van der Waals surface area contributed by atoms with E-state index in [0.29, 0.717) is 116 Å². The minimum absolute atomic E-state index is 0.0230. The van der Waals surface area contributed by atoms with E-state index in [2.05, 4.69) is 0 Å². The largest absolute Gasteiger partial charge is 0.465 e. The second-order valence-electron chi connectivity index (χ2n) is 32.0. The van der Waals surface area contributed by atoms with Crippen LogP contribution in [0.5, 0.6) is 0 Å². The van der Waals surface area contributed by atoms with Gasteiger partial charge in [0.2, 0.25) is 40.1 Å². The first-order valence-corrected chi connectivity index (χ1v) is 53.2. The summed E-state index contributed by atoms with van der Waals surface area (Å²) in [6, 6.07) is 23.2. The summed E-state index contributed by atoms with van der Waals surface area (Å²) < 4.78 is 193. The zero-order valence-electron chi connectivity index (χ0n) is 77.1. The molecule has 0 bridgehead atoms. The third-order valence-corrected chi connectivity index (χ3v) is 33.8. The Bertz CT molecular complexity index is 5400. The molecular formula is C88H119Cl6N7O30S5. The Kier molecular flexibility index (Phi) is 45.0. The van der Waals surface area contributed by atoms with Gasteiger partial charge < -0.3 is 72.5 Å². The number of halogens is 6. The molecule has 136 heavy (non-hydrogen) atoms. The van der Waals surface area contributed by atoms with E-state index in [4.69, 9.17) is 127 Å². The number of ketones is 2. The minimum atomic E-state index is -3.98. The van der Waals surface area contributed by atoms with Crippen LogP contribution in [0.15, 0.2) is 158 Å². The molecule has 0 radical (unpaired) electrons. The molecule has 9 unspecified atom stereocenters. The quantitative estimate of drug-likeness (QED) is 0.0223. The van der Waals surface area contributed by atoms with Gasteiger partial charge in [-0.25, -0.2) is 51.7 Å². The number of hydrogen-bond donors (Lipinski definition) is 3. The molecule has 37 nitrogen and oxygen atoms in total. The van der Waals surface area contributed by atoms with Crippen LogP contribution in [0.3, 0.4) is 0 Å². The van der Waals surface area contributed by atoms with Crippen LogP contribution < -0.4 is 0 Å². The Morgan fingerprint density at radius 1 is 0.375 bits per heavy atom. The second kappa shape index (κ2) is 52.7. The van der Waals surface area contributed by atoms with E-state index in [1.165, 1.54) is 120 Å². The van der Waals surface area contributed by atoms with Crippen LogP contribution in [-0.2, 0) is 121 Å². The first-order chi connectivity index (χ1) is 64.1. The summed E-state index contributed by atoms with van der Waals surface area (Å²) in [4.78, 5) is 85.2. The van der Waals surface area contributed by atoms with E-state index in [0.717, 1.165) is 20.9 Å². The number of aliphatic hydroxyl groups is 3. The summed E-state index contributed by atoms with van der Waals surface area (Å²) in [6.45, 7) is 15.0. The normalized spacial score (nSPS) is 22.7. The fourth-order valence-corrected chi connectivity index (χ4v) is 25.6. The van der Waals surface area contributed by atoms with Crippen LogP contribution in [0.2, 0.25) is 25.1 Å². The molecule has 2 amide bonds. The number of piperidine rings is 4. The Balaban J connectivity index is 0.000000226. The summed E-state index contributed by atoms with van der Waals surface area (Å²) in [5.41, 5.74) is 0. The van der Waals surface area contributed by atoms with Gasteiger partial charge in [-0.05, 0) is 185 Å². The molecule has 5 aromatic rings. The molecule has 9 atom stereocenters. The third kappa shape index (κ3) is 30.3. The van der Waals surface area contributed by atoms with Gasteiger partial charge in [0.05, 0.1) is 116 Å². The maximum Gasteiger partial charge on any atom is 0.409 e. The molecule has 3 spiro atoms. The fourth-order valence-electron chi connectivity index (χ4n) is 16.1. The van der Waals surface area contributed by atoms with Crippen molar-refractivity contribution < 1.29 is 138 Å². The number of nitrogens with zero attached hydrogens (tertiary/aromatic N) is 7. The average Bonchev–Trinajstić information content (AvgIpc) is 1.33. The minimum Gasteiger partial charge on any atom is -0.465 e. The summed E-state index contributed by atoms with van der Waals surface area (Å²) in [5, 5.41) is 26.8. The van der Waals surface area contributed by atoms with Crippen molar-refractivity contribution in [1.29, 1.82) is 0 Å². The first kappa shape index (κ1) is 116. The molecule has 0 saturated carbocycles. The number of ether oxygens (including phenoxy) is 10. The topological polar surface area (TPSA) is 466 Å². The maximum absolute atomic E-state index is 13.5. The molecule has 3 N–H and O–H groups in total. The van der Waals surface area contributed by atoms with Crippen LogP contribution in [0, 0.1) is 0 Å². The maximum atomic E-state index is 13.5. The number of sulfonamides is 5. The Morgan fingerprint density at radius 3 is 0.978 bits per heavy atom. The number of carbonyl (C=O) groups is 7. The molecule has 48 heteroatoms. The van der Waals surface area contributed by atoms with Crippen LogP contribution >= 0.6 is 69.6 Å². The summed E-state index contributed by atoms with van der Waals surface area (Å²) in [5.74, 6) is -5.07. The van der Waals surface area contributed by atoms with Gasteiger partial charge in [-0.15, -0.1) is 0 Å². The molecular weight excluding hydrogens is 2010 g/mol. The Morgan fingerprint density at radius 2 is 0.662 bits per heavy atom. The van der Waals surface area contributed by atoms with E-state index in [-0.39, 0.29) is 126 Å². The van der Waals surface area contributed by atoms with Crippen LogP contribution in [0.4, 0.5) is 9.59 Å². The average molecular weight is 2130 g/mol. The van der Waals surface area contributed by atoms with Crippen molar-refractivity contribution in [2.75, 3.05) is 114 Å². The summed E-state index contributed by atoms with van der Waals surface area (Å²) >= 11 is 34.1. The highest BCUT2D eigenvalue weighted by molar-refractivity contribution is 7.90. The summed E-state index contributed by atoms with van der Waals surface area (Å²) in [6.07, 6.45) is 5.47. The monoisotopic (exact) mass is 2120 g/mol. The lowest BCUT2D eigenvalue weighted by atomic mass is 9.91. The molecule has 8 aliphatic rings. The standard InChI is InChI=1S/C19H27ClN2O6S.C18H24ClNO6S.C16H22ClNO5S.C16H20ClNO5S.C14H14ClNO5S.C3H6ClNO.C2H6O2/c1-4-15-11-19(27-9-10-28-19)12-16(13-26-18(23)21(2)3)22(15)29(24,25)17-7-5-14(20)6-8-17;1-3-14-11-18(25-9-10-26-18)12-16(17(21)24-4-2)20(14)27(22,23)15-7-5-13(19)6-8-15;1-2-13-9-16(22-7-8-23-16)10-14(11-19)18(13)24(20,21)15-5-3-12(17)4-6-15;1-3-12-9-13(19)10-15(16(20)23-4-2)18(12)24(21,22)14-7-5-11(17)6-8-14;1-2-21-14(18)13-9-11(17)7-8-16(13)22(19,20)12-5-3-10(15)4-6-12;1-5(2)3(4)6;3-1-2-4/h5-8,15-16H,4,9-13H2,1-3H3;5-8,14,16H,3-4,9-12H2,1-2H3;3-6,13-14,19H,2,7-11H2,1H3;5-8,12,15H,3-4,9-10H2,1-2H3;3-8,13H,2,9H2,1H3;1-2H3;3-4H,1-2H2. The van der Waals surface area contributed by atoms with Crippen molar-refractivity contribution in [2.24, 2.45) is 0 Å². The number of aliphatic hydroxyl groups excluding tert-OH is 3. The van der Waals surface area contributed by atoms with Gasteiger partial charge in [0, 0.05) is 141 Å². The highest BCUT2D eigenvalue weighted by atomic mass is 35.5. The lowest BCUT2D eigenvalue weighted by Crippen LogP contribution is -2.60. The van der Waals surface area contributed by atoms with Gasteiger partial charge in [0.25, 0.3) is 10.0 Å². The van der Waals surface area contributed by atoms with E-state index >= 15 is 0 Å². The third-order valence-electron chi connectivity index (χ3n) is 22.4. The van der Waals surface area contributed by atoms with Crippen molar-refractivity contribution in [2.45, 2.75) is 228 Å². The Hall–Kier alpha value is -6.90. The lowest BCUT2D eigenvalue weighted by molar-refractivity contribution is -0.206. The number of amides is 2. The highest BCUT2D eigenvalue weighted by Gasteiger charge is 2.57. The lowest BCUT2D eigenvalue weighted by Gasteiger charge is -2.47. The van der Waals surface area contributed by atoms with Crippen molar-refractivity contribution in [1.82, 2.24) is 31.3 Å². The van der Waals surface area contributed by atoms with Crippen LogP contribution in [0.1, 0.15) is 132 Å². The van der Waals surface area contributed by atoms with Gasteiger partial charge in [-0.1, -0.05) is 85.7 Å². The molecule has 758 valence electrons. The van der Waals surface area contributed by atoms with Crippen molar-refractivity contribution in [3.63, 3.8) is 0 Å². The van der Waals surface area contributed by atoms with Gasteiger partial charge >= 0.3 is 29.4 Å². The van der Waals surface area contributed by atoms with E-state index in [1.807, 2.05) is 20.8 Å². The zero-order valence-corrected chi connectivity index (χ0v) is 85.7. The molecule has 0 aliphatic carbocycles. The molecule has 13 rings (SSSR count). The summed E-state index contributed by atoms with van der Waals surface area (Å²) in [7, 11) is -13.1. The van der Waals surface area contributed by atoms with Gasteiger partial charge in [0.1, 0.15) is 30.5 Å². The molecule has 7 fully saturated rings. The molecule has 5 aromatic carbocycles. The van der Waals surface area contributed by atoms with Crippen molar-refractivity contribution in [3.8, 4) is 0 Å². The predicted octanol–water partition coefficient (Wildman–Crippen LogP) is 11.3. The molecule has 0 aromatic heterocycles. The van der Waals surface area contributed by atoms with Crippen molar-refractivity contribution in [3.05, 3.63) is 159 Å². The second-order valence-corrected chi connectivity index (χ2v) is 43.8. The molecule has 8 heterocycles. The van der Waals surface area contributed by atoms with Gasteiger partial charge in [-0.2, -0.15) is 17.2 Å². The van der Waals surface area contributed by atoms with E-state index < -0.39 is 139 Å². The van der Waals surface area contributed by atoms with Crippen LogP contribution in [0.25, 0.3) is 0 Å². The smallest absolute Gasteiger partial charge is 0.409 e. The van der Waals surface area contributed by atoms with E-state index in [1.54, 1.807) is 80.2 Å². The number of benzene rings is 5. The molecule has 7 saturated heterocycles. The number of allylic oxidation sites excluding steroid dienone is 1. The van der Waals surface area contributed by atoms with Crippen LogP contribution in [-0.4, -0.2) is 315 Å². The SMILES string of the molecule is CCC1CC2(CC(CO)N1S(=O)(=O)c1ccc(Cl)cc1)OCCO2.CCC1CC2(CC(COC(=O)N(C)C)N1S(=O)(=O)c1ccc(Cl)cc1)OCCO2.CCOC(=O)C1CC(=O)C=CN1S(=O)(=O)c1ccc(Cl)cc1.CCOC(=O)C1CC(=O)CC(CC)N1S(=O)(=O)c1ccc(Cl)cc1.CCOC(=O)C1CC2(CC(CC)N1S(=O)(=O)c1ccc(Cl)cc1)OCCO2.CN(C)C(=O)Cl.OCCO. The number of carbonyl (C=O) groups excluding carboxylic acids is 7. The number of rotatable bonds is 24. The molecule has 8 aliphatic heterocycles. The van der Waals surface area contributed by atoms with Gasteiger partial charge in [-0.3, -0.25) is 28.3 Å². The number of hydrogen-bond acceptors (Lipinski definition) is 30. The fraction of sp³-hybridized carbons (Fsp3) is 0.557. The first-order valence-electron chi connectivity index (χ1n) is 43.7.